The van der Waals surface area contributed by atoms with Gasteiger partial charge in [0.1, 0.15) is 0 Å². The zero-order chi connectivity index (χ0) is 27.0. The van der Waals surface area contributed by atoms with Crippen molar-refractivity contribution in [2.45, 2.75) is 52.9 Å². The first-order chi connectivity index (χ1) is 17.7. The summed E-state index contributed by atoms with van der Waals surface area (Å²) >= 11 is 1.49. The Bertz CT molecular complexity index is 1180. The van der Waals surface area contributed by atoms with Gasteiger partial charge in [-0.3, -0.25) is 14.6 Å². The standard InChI is InChI=1S/C29H35N3O4S/c1-4-37-25(31-17-15-26(33)34)14-10-20(19-30)9-13-24-29(2,3)28-22-8-6-5-7-21(22)11-12-23(28)32(24)18-16-27(35)36/h6,8-10,12-14,21H,4-5,7,11,15-18H2,1-3H3,(H,33,34)(H,35,36)/b14-10+,20-9-,24-13+,31-25?. The number of likely N-dealkylation sites (tertiary alicyclic amines) is 1. The molecule has 0 bridgehead atoms. The second kappa shape index (κ2) is 12.8. The number of nitrogens with zero attached hydrogens (tertiary/aromatic N) is 3. The van der Waals surface area contributed by atoms with Gasteiger partial charge >= 0.3 is 11.9 Å². The van der Waals surface area contributed by atoms with Gasteiger partial charge in [-0.05, 0) is 66.4 Å². The third kappa shape index (κ3) is 6.92. The molecule has 7 nitrogen and oxygen atoms in total. The number of carbonyl (C=O) groups is 2. The molecule has 0 saturated carbocycles. The molecule has 1 heterocycles. The summed E-state index contributed by atoms with van der Waals surface area (Å²) < 4.78 is 0. The van der Waals surface area contributed by atoms with Gasteiger partial charge in [0.25, 0.3) is 0 Å². The SMILES string of the molecule is CCSC(/C=C/C(C#N)=C/C=C1/N(CCC(=O)O)C2=CCC3CCC=CC3=C2C1(C)C)=NCCC(=O)O. The fourth-order valence-electron chi connectivity index (χ4n) is 5.12. The topological polar surface area (TPSA) is 114 Å². The lowest BCUT2D eigenvalue weighted by Gasteiger charge is -2.31. The Morgan fingerprint density at radius 1 is 1.27 bits per heavy atom. The minimum absolute atomic E-state index is 0.0196. The Morgan fingerprint density at radius 3 is 2.70 bits per heavy atom. The summed E-state index contributed by atoms with van der Waals surface area (Å²) in [5.74, 6) is -0.469. The molecule has 196 valence electrons. The number of aliphatic carboxylic acids is 2. The van der Waals surface area contributed by atoms with E-state index < -0.39 is 11.9 Å². The average molecular weight is 522 g/mol. The number of hydrogen-bond donors (Lipinski definition) is 2. The van der Waals surface area contributed by atoms with E-state index in [-0.39, 0.29) is 24.8 Å². The number of carboxylic acids is 2. The average Bonchev–Trinajstić information content (AvgIpc) is 3.08. The third-order valence-corrected chi connectivity index (χ3v) is 7.65. The molecule has 2 aliphatic carbocycles. The van der Waals surface area contributed by atoms with Crippen molar-refractivity contribution in [3.05, 3.63) is 70.6 Å². The van der Waals surface area contributed by atoms with Gasteiger partial charge in [-0.15, -0.1) is 11.8 Å². The van der Waals surface area contributed by atoms with Crippen molar-refractivity contribution in [1.82, 2.24) is 4.90 Å². The molecule has 37 heavy (non-hydrogen) atoms. The summed E-state index contributed by atoms with van der Waals surface area (Å²) in [4.78, 5) is 28.7. The van der Waals surface area contributed by atoms with E-state index in [0.717, 1.165) is 36.4 Å². The van der Waals surface area contributed by atoms with Crippen molar-refractivity contribution in [3.63, 3.8) is 0 Å². The highest BCUT2D eigenvalue weighted by Gasteiger charge is 2.46. The molecule has 1 fully saturated rings. The minimum Gasteiger partial charge on any atom is -0.481 e. The van der Waals surface area contributed by atoms with Crippen molar-refractivity contribution in [2.75, 3.05) is 18.8 Å². The van der Waals surface area contributed by atoms with Crippen LogP contribution >= 0.6 is 11.8 Å². The van der Waals surface area contributed by atoms with Crippen molar-refractivity contribution >= 4 is 28.7 Å². The minimum atomic E-state index is -0.897. The summed E-state index contributed by atoms with van der Waals surface area (Å²) in [5.41, 5.74) is 4.75. The van der Waals surface area contributed by atoms with E-state index in [1.54, 1.807) is 18.2 Å². The number of allylic oxidation sites excluding steroid dienone is 10. The first-order valence-electron chi connectivity index (χ1n) is 12.7. The second-order valence-electron chi connectivity index (χ2n) is 9.67. The van der Waals surface area contributed by atoms with Crippen LogP contribution in [-0.4, -0.2) is 50.9 Å². The summed E-state index contributed by atoms with van der Waals surface area (Å²) in [6, 6.07) is 2.22. The molecule has 0 spiro atoms. The normalized spacial score (nSPS) is 22.2. The Kier molecular flexibility index (Phi) is 9.76. The molecule has 0 aromatic rings. The van der Waals surface area contributed by atoms with Crippen LogP contribution in [0.15, 0.2) is 75.6 Å². The lowest BCUT2D eigenvalue weighted by molar-refractivity contribution is -0.138. The van der Waals surface area contributed by atoms with Crippen molar-refractivity contribution < 1.29 is 19.8 Å². The maximum atomic E-state index is 11.4. The lowest BCUT2D eigenvalue weighted by atomic mass is 9.72. The van der Waals surface area contributed by atoms with Gasteiger partial charge in [-0.25, -0.2) is 0 Å². The fourth-order valence-corrected chi connectivity index (χ4v) is 5.76. The van der Waals surface area contributed by atoms with Gasteiger partial charge in [0, 0.05) is 23.4 Å². The van der Waals surface area contributed by atoms with Crippen LogP contribution in [0, 0.1) is 22.7 Å². The third-order valence-electron chi connectivity index (χ3n) is 6.80. The highest BCUT2D eigenvalue weighted by Crippen LogP contribution is 2.55. The molecule has 3 rings (SSSR count). The predicted octanol–water partition coefficient (Wildman–Crippen LogP) is 5.87. The lowest BCUT2D eigenvalue weighted by Crippen LogP contribution is -2.23. The molecule has 1 atom stereocenters. The van der Waals surface area contributed by atoms with E-state index in [9.17, 15) is 20.0 Å². The van der Waals surface area contributed by atoms with E-state index >= 15 is 0 Å². The number of rotatable bonds is 10. The van der Waals surface area contributed by atoms with E-state index in [1.807, 2.05) is 13.0 Å². The van der Waals surface area contributed by atoms with Gasteiger partial charge in [0.05, 0.1) is 36.1 Å². The number of thioether (sulfide) groups is 1. The van der Waals surface area contributed by atoms with Crippen LogP contribution in [0.25, 0.3) is 0 Å². The van der Waals surface area contributed by atoms with Crippen LogP contribution in [0.1, 0.15) is 52.9 Å². The molecule has 0 radical (unpaired) electrons. The van der Waals surface area contributed by atoms with Crippen LogP contribution in [-0.2, 0) is 9.59 Å². The Morgan fingerprint density at radius 2 is 2.03 bits per heavy atom. The first-order valence-corrected chi connectivity index (χ1v) is 13.7. The highest BCUT2D eigenvalue weighted by atomic mass is 32.2. The van der Waals surface area contributed by atoms with E-state index in [0.29, 0.717) is 23.1 Å². The zero-order valence-corrected chi connectivity index (χ0v) is 22.6. The van der Waals surface area contributed by atoms with Crippen LogP contribution in [0.3, 0.4) is 0 Å². The Balaban J connectivity index is 1.98. The van der Waals surface area contributed by atoms with Crippen LogP contribution < -0.4 is 0 Å². The monoisotopic (exact) mass is 521 g/mol. The Labute approximate surface area is 223 Å². The van der Waals surface area contributed by atoms with Gasteiger partial charge in [-0.1, -0.05) is 39.0 Å². The van der Waals surface area contributed by atoms with Crippen LogP contribution in [0.2, 0.25) is 0 Å². The van der Waals surface area contributed by atoms with Gasteiger partial charge in [0.15, 0.2) is 0 Å². The number of aliphatic imine (C=N–C) groups is 1. The Hall–Kier alpha value is -3.31. The molecule has 2 N–H and O–H groups in total. The molecular formula is C29H35N3O4S. The molecule has 1 unspecified atom stereocenters. The van der Waals surface area contributed by atoms with Crippen molar-refractivity contribution in [3.8, 4) is 6.07 Å². The fraction of sp³-hybridized carbons (Fsp3) is 0.448. The van der Waals surface area contributed by atoms with E-state index in [4.69, 9.17) is 5.11 Å². The van der Waals surface area contributed by atoms with Crippen molar-refractivity contribution in [2.24, 2.45) is 16.3 Å². The molecular weight excluding hydrogens is 486 g/mol. The molecule has 1 saturated heterocycles. The van der Waals surface area contributed by atoms with Gasteiger partial charge in [-0.2, -0.15) is 5.26 Å². The predicted molar refractivity (Wildman–Crippen MR) is 148 cm³/mol. The van der Waals surface area contributed by atoms with Crippen molar-refractivity contribution in [1.29, 1.82) is 5.26 Å². The van der Waals surface area contributed by atoms with Crippen LogP contribution in [0.5, 0.6) is 0 Å². The van der Waals surface area contributed by atoms with E-state index in [1.165, 1.54) is 22.9 Å². The zero-order valence-electron chi connectivity index (χ0n) is 21.7. The molecule has 8 heteroatoms. The molecule has 1 aliphatic heterocycles. The quantitative estimate of drug-likeness (QED) is 0.160. The summed E-state index contributed by atoms with van der Waals surface area (Å²) in [5, 5.41) is 28.7. The molecule has 0 aromatic carbocycles. The number of carboxylic acid groups (broad SMARTS) is 2. The van der Waals surface area contributed by atoms with E-state index in [2.05, 4.69) is 48.0 Å². The summed E-state index contributed by atoms with van der Waals surface area (Å²) in [6.07, 6.45) is 17.0. The molecule has 0 amide bonds. The number of hydrogen-bond acceptors (Lipinski definition) is 6. The van der Waals surface area contributed by atoms with Gasteiger partial charge < -0.3 is 15.1 Å². The second-order valence-corrected chi connectivity index (χ2v) is 11.0. The van der Waals surface area contributed by atoms with Crippen LogP contribution in [0.4, 0.5) is 0 Å². The highest BCUT2D eigenvalue weighted by molar-refractivity contribution is 8.14. The maximum absolute atomic E-state index is 11.4. The summed E-state index contributed by atoms with van der Waals surface area (Å²) in [7, 11) is 0. The maximum Gasteiger partial charge on any atom is 0.305 e. The number of nitriles is 1. The van der Waals surface area contributed by atoms with Gasteiger partial charge in [0.2, 0.25) is 0 Å². The largest absolute Gasteiger partial charge is 0.481 e. The summed E-state index contributed by atoms with van der Waals surface area (Å²) in [6.45, 7) is 6.87. The first kappa shape index (κ1) is 28.3. The smallest absolute Gasteiger partial charge is 0.305 e. The number of fused-ring (bicyclic) bond motifs is 2. The molecule has 3 aliphatic rings. The molecule has 0 aromatic heterocycles.